The fraction of sp³-hybridized carbons (Fsp3) is 0.577. The van der Waals surface area contributed by atoms with E-state index in [0.29, 0.717) is 6.04 Å². The first kappa shape index (κ1) is 21.4. The van der Waals surface area contributed by atoms with E-state index in [4.69, 9.17) is 25.5 Å². The Morgan fingerprint density at radius 1 is 1.14 bits per heavy atom. The van der Waals surface area contributed by atoms with Crippen LogP contribution in [0.15, 0.2) is 24.4 Å². The molecule has 9 nitrogen and oxygen atoms in total. The number of rotatable bonds is 3. The van der Waals surface area contributed by atoms with Crippen molar-refractivity contribution < 1.29 is 4.74 Å². The van der Waals surface area contributed by atoms with Crippen LogP contribution in [0.3, 0.4) is 0 Å². The summed E-state index contributed by atoms with van der Waals surface area (Å²) in [5.41, 5.74) is 12.0. The molecule has 0 amide bonds. The van der Waals surface area contributed by atoms with Gasteiger partial charge in [0, 0.05) is 43.7 Å². The Morgan fingerprint density at radius 3 is 2.71 bits per heavy atom. The molecule has 0 radical (unpaired) electrons. The van der Waals surface area contributed by atoms with E-state index in [1.165, 1.54) is 29.8 Å². The summed E-state index contributed by atoms with van der Waals surface area (Å²) in [7, 11) is 0. The van der Waals surface area contributed by atoms with Gasteiger partial charge in [0.1, 0.15) is 5.82 Å². The number of aryl methyl sites for hydroxylation is 1. The number of aromatic amines is 1. The number of fused-ring (bicyclic) bond motifs is 2. The molecule has 3 aromatic rings. The van der Waals surface area contributed by atoms with Gasteiger partial charge in [0.05, 0.1) is 30.3 Å². The van der Waals surface area contributed by atoms with Gasteiger partial charge >= 0.3 is 0 Å². The standard InChI is InChI=1S/C26H34N8O/c1-16-4-3-5-19-22(16)33(18-6-7-18)12-13-34(19)25-21-24(30-31-25)29-20(14-28-21)32-10-8-26(9-11-32)15-35-17(2)23(26)27/h3-5,14,17-18,23H,6-13,15,27H2,1-2H3,(H,29,30,31)/t17-,23+/m0/s1. The Hall–Kier alpha value is -2.91. The summed E-state index contributed by atoms with van der Waals surface area (Å²) in [6.07, 6.45) is 6.68. The summed E-state index contributed by atoms with van der Waals surface area (Å²) in [5, 5.41) is 7.87. The van der Waals surface area contributed by atoms with E-state index < -0.39 is 0 Å². The summed E-state index contributed by atoms with van der Waals surface area (Å²) >= 11 is 0. The molecular weight excluding hydrogens is 440 g/mol. The van der Waals surface area contributed by atoms with Gasteiger partial charge in [-0.3, -0.25) is 5.10 Å². The number of aromatic nitrogens is 4. The number of hydrogen-bond acceptors (Lipinski definition) is 8. The molecule has 1 aromatic carbocycles. The number of ether oxygens (including phenoxy) is 1. The van der Waals surface area contributed by atoms with Gasteiger partial charge in [-0.1, -0.05) is 12.1 Å². The molecule has 1 aliphatic carbocycles. The van der Waals surface area contributed by atoms with Crippen LogP contribution >= 0.6 is 0 Å². The number of hydrogen-bond donors (Lipinski definition) is 2. The van der Waals surface area contributed by atoms with Crippen molar-refractivity contribution in [3.63, 3.8) is 0 Å². The normalized spacial score (nSPS) is 26.1. The average molecular weight is 475 g/mol. The minimum absolute atomic E-state index is 0.0999. The number of para-hydroxylation sites is 1. The zero-order chi connectivity index (χ0) is 23.7. The molecular formula is C26H34N8O. The van der Waals surface area contributed by atoms with Crippen LogP contribution < -0.4 is 20.4 Å². The molecule has 0 bridgehead atoms. The van der Waals surface area contributed by atoms with Crippen molar-refractivity contribution in [3.8, 4) is 0 Å². The Morgan fingerprint density at radius 2 is 1.97 bits per heavy atom. The molecule has 2 saturated heterocycles. The minimum atomic E-state index is 0.0999. The van der Waals surface area contributed by atoms with Crippen LogP contribution in [0.4, 0.5) is 23.0 Å². The Kier molecular flexibility index (Phi) is 4.76. The van der Waals surface area contributed by atoms with Crippen molar-refractivity contribution in [2.75, 3.05) is 47.5 Å². The molecule has 35 heavy (non-hydrogen) atoms. The van der Waals surface area contributed by atoms with Crippen molar-refractivity contribution in [2.45, 2.75) is 57.7 Å². The van der Waals surface area contributed by atoms with Gasteiger partial charge in [-0.05, 0) is 51.2 Å². The molecule has 1 saturated carbocycles. The predicted molar refractivity (Wildman–Crippen MR) is 138 cm³/mol. The number of nitrogens with one attached hydrogen (secondary N) is 1. The number of anilines is 4. The Bertz CT molecular complexity index is 1260. The third kappa shape index (κ3) is 3.31. The van der Waals surface area contributed by atoms with Crippen molar-refractivity contribution >= 4 is 34.2 Å². The van der Waals surface area contributed by atoms with Gasteiger partial charge in [-0.15, -0.1) is 0 Å². The zero-order valence-corrected chi connectivity index (χ0v) is 20.6. The second kappa shape index (κ2) is 7.80. The van der Waals surface area contributed by atoms with Crippen LogP contribution in [0.5, 0.6) is 0 Å². The molecule has 5 heterocycles. The maximum atomic E-state index is 6.50. The van der Waals surface area contributed by atoms with Crippen LogP contribution in [-0.2, 0) is 4.74 Å². The highest BCUT2D eigenvalue weighted by Gasteiger charge is 2.47. The second-order valence-electron chi connectivity index (χ2n) is 10.9. The summed E-state index contributed by atoms with van der Waals surface area (Å²) < 4.78 is 5.88. The summed E-state index contributed by atoms with van der Waals surface area (Å²) in [5.74, 6) is 1.76. The van der Waals surface area contributed by atoms with Crippen LogP contribution in [0, 0.1) is 12.3 Å². The highest BCUT2D eigenvalue weighted by Crippen LogP contribution is 2.45. The first-order valence-electron chi connectivity index (χ1n) is 13.0. The highest BCUT2D eigenvalue weighted by molar-refractivity contribution is 5.91. The molecule has 2 aromatic heterocycles. The zero-order valence-electron chi connectivity index (χ0n) is 20.6. The number of benzene rings is 1. The van der Waals surface area contributed by atoms with Gasteiger partial charge in [-0.2, -0.15) is 5.10 Å². The lowest BCUT2D eigenvalue weighted by molar-refractivity contribution is 0.0974. The van der Waals surface area contributed by atoms with E-state index in [0.717, 1.165) is 68.4 Å². The molecule has 3 N–H and O–H groups in total. The predicted octanol–water partition coefficient (Wildman–Crippen LogP) is 3.11. The van der Waals surface area contributed by atoms with E-state index in [1.807, 2.05) is 6.20 Å². The molecule has 9 heteroatoms. The maximum Gasteiger partial charge on any atom is 0.183 e. The quantitative estimate of drug-likeness (QED) is 0.597. The fourth-order valence-corrected chi connectivity index (χ4v) is 6.42. The molecule has 7 rings (SSSR count). The van der Waals surface area contributed by atoms with Crippen molar-refractivity contribution in [1.29, 1.82) is 0 Å². The summed E-state index contributed by atoms with van der Waals surface area (Å²) in [6.45, 7) is 8.80. The van der Waals surface area contributed by atoms with E-state index in [2.05, 4.69) is 51.8 Å². The van der Waals surface area contributed by atoms with Gasteiger partial charge in [0.2, 0.25) is 0 Å². The van der Waals surface area contributed by atoms with Crippen molar-refractivity contribution in [1.82, 2.24) is 20.2 Å². The van der Waals surface area contributed by atoms with Crippen LogP contribution in [0.1, 0.15) is 38.2 Å². The van der Waals surface area contributed by atoms with Crippen LogP contribution in [0.25, 0.3) is 11.2 Å². The molecule has 0 unspecified atom stereocenters. The number of H-pyrrole nitrogens is 1. The first-order chi connectivity index (χ1) is 17.0. The van der Waals surface area contributed by atoms with Gasteiger partial charge in [0.15, 0.2) is 17.0 Å². The topological polar surface area (TPSA) is 99.4 Å². The highest BCUT2D eigenvalue weighted by atomic mass is 16.5. The first-order valence-corrected chi connectivity index (χ1v) is 13.0. The van der Waals surface area contributed by atoms with Crippen molar-refractivity contribution in [2.24, 2.45) is 11.1 Å². The third-order valence-corrected chi connectivity index (χ3v) is 8.77. The minimum Gasteiger partial charge on any atom is -0.376 e. The smallest absolute Gasteiger partial charge is 0.183 e. The fourth-order valence-electron chi connectivity index (χ4n) is 6.42. The van der Waals surface area contributed by atoms with Gasteiger partial charge in [0.25, 0.3) is 0 Å². The van der Waals surface area contributed by atoms with E-state index >= 15 is 0 Å². The SMILES string of the molecule is Cc1cccc2c1N(C1CC1)CCN2c1n[nH]c2nc(N3CCC4(CC3)CO[C@@H](C)[C@H]4N)cnc12. The Labute approximate surface area is 205 Å². The molecule has 3 aliphatic heterocycles. The molecule has 3 fully saturated rings. The summed E-state index contributed by atoms with van der Waals surface area (Å²) in [4.78, 5) is 17.0. The lowest BCUT2D eigenvalue weighted by Gasteiger charge is -2.41. The number of nitrogens with zero attached hydrogens (tertiary/aromatic N) is 6. The van der Waals surface area contributed by atoms with Crippen molar-refractivity contribution in [3.05, 3.63) is 30.0 Å². The van der Waals surface area contributed by atoms with E-state index in [1.54, 1.807) is 0 Å². The van der Waals surface area contributed by atoms with Crippen LogP contribution in [0.2, 0.25) is 0 Å². The summed E-state index contributed by atoms with van der Waals surface area (Å²) in [6, 6.07) is 7.36. The number of piperidine rings is 1. The molecule has 184 valence electrons. The monoisotopic (exact) mass is 474 g/mol. The average Bonchev–Trinajstić information content (AvgIpc) is 3.59. The van der Waals surface area contributed by atoms with Crippen LogP contribution in [-0.4, -0.2) is 71.1 Å². The second-order valence-corrected chi connectivity index (χ2v) is 10.9. The van der Waals surface area contributed by atoms with Gasteiger partial charge in [-0.25, -0.2) is 9.97 Å². The number of nitrogens with two attached hydrogens (primary N) is 1. The molecule has 1 spiro atoms. The molecule has 4 aliphatic rings. The third-order valence-electron chi connectivity index (χ3n) is 8.77. The van der Waals surface area contributed by atoms with E-state index in [9.17, 15) is 0 Å². The van der Waals surface area contributed by atoms with E-state index in [-0.39, 0.29) is 17.6 Å². The Balaban J connectivity index is 1.16. The van der Waals surface area contributed by atoms with Gasteiger partial charge < -0.3 is 25.2 Å². The maximum absolute atomic E-state index is 6.50. The lowest BCUT2D eigenvalue weighted by atomic mass is 9.73. The molecule has 2 atom stereocenters. The lowest BCUT2D eigenvalue weighted by Crippen LogP contribution is -2.50. The largest absolute Gasteiger partial charge is 0.376 e.